The molecular formula is C19H13BrFN3O5. The molecule has 0 aliphatic heterocycles. The maximum absolute atomic E-state index is 13.7. The van der Waals surface area contributed by atoms with Crippen LogP contribution in [0.1, 0.15) is 24.5 Å². The first-order valence-electron chi connectivity index (χ1n) is 8.25. The lowest BCUT2D eigenvalue weighted by atomic mass is 10.2. The highest BCUT2D eigenvalue weighted by molar-refractivity contribution is 9.10. The van der Waals surface area contributed by atoms with Gasteiger partial charge in [0.1, 0.15) is 5.82 Å². The summed E-state index contributed by atoms with van der Waals surface area (Å²) in [5.74, 6) is -1.01. The number of benzene rings is 2. The fourth-order valence-corrected chi connectivity index (χ4v) is 2.68. The summed E-state index contributed by atoms with van der Waals surface area (Å²) in [4.78, 5) is 22.2. The summed E-state index contributed by atoms with van der Waals surface area (Å²) in [7, 11) is 0. The van der Waals surface area contributed by atoms with E-state index in [1.54, 1.807) is 13.0 Å². The van der Waals surface area contributed by atoms with Gasteiger partial charge >= 0.3 is 5.97 Å². The number of ether oxygens (including phenoxy) is 1. The Balaban J connectivity index is 1.66. The quantitative estimate of drug-likeness (QED) is 0.223. The molecule has 0 spiro atoms. The summed E-state index contributed by atoms with van der Waals surface area (Å²) in [5, 5.41) is 18.4. The van der Waals surface area contributed by atoms with E-state index in [0.717, 1.165) is 6.08 Å². The second kappa shape index (κ2) is 8.74. The molecule has 1 unspecified atom stereocenters. The number of nitrogens with zero attached hydrogens (tertiary/aromatic N) is 3. The van der Waals surface area contributed by atoms with Crippen molar-refractivity contribution in [1.82, 2.24) is 10.2 Å². The molecule has 0 fully saturated rings. The molecule has 1 aromatic heterocycles. The molecule has 3 aromatic rings. The van der Waals surface area contributed by atoms with Crippen LogP contribution >= 0.6 is 15.9 Å². The number of hydrogen-bond donors (Lipinski definition) is 0. The Labute approximate surface area is 172 Å². The van der Waals surface area contributed by atoms with Crippen LogP contribution in [0.15, 0.2) is 57.4 Å². The zero-order valence-electron chi connectivity index (χ0n) is 14.9. The van der Waals surface area contributed by atoms with Gasteiger partial charge < -0.3 is 9.15 Å². The number of carbonyl (C=O) groups excluding carboxylic acids is 1. The lowest BCUT2D eigenvalue weighted by Crippen LogP contribution is -2.06. The number of nitro groups is 1. The van der Waals surface area contributed by atoms with Crippen molar-refractivity contribution in [3.8, 4) is 11.5 Å². The normalized spacial score (nSPS) is 12.1. The first-order valence-corrected chi connectivity index (χ1v) is 9.05. The van der Waals surface area contributed by atoms with Gasteiger partial charge in [-0.3, -0.25) is 10.1 Å². The minimum Gasteiger partial charge on any atom is -0.449 e. The average molecular weight is 462 g/mol. The van der Waals surface area contributed by atoms with Gasteiger partial charge in [-0.1, -0.05) is 15.9 Å². The molecule has 0 saturated carbocycles. The van der Waals surface area contributed by atoms with Crippen LogP contribution in [0, 0.1) is 15.9 Å². The molecule has 2 aromatic carbocycles. The third-order valence-electron chi connectivity index (χ3n) is 3.76. The highest BCUT2D eigenvalue weighted by Gasteiger charge is 2.18. The number of hydrogen-bond acceptors (Lipinski definition) is 7. The molecule has 1 atom stereocenters. The highest BCUT2D eigenvalue weighted by atomic mass is 79.9. The SMILES string of the molecule is CC(OC(=O)C=Cc1cc(Br)ccc1F)c1nnc(-c2ccc([N+](=O)[O-])cc2)o1. The zero-order chi connectivity index (χ0) is 21.0. The van der Waals surface area contributed by atoms with Gasteiger partial charge in [-0.15, -0.1) is 10.2 Å². The minimum atomic E-state index is -0.848. The number of esters is 1. The van der Waals surface area contributed by atoms with Gasteiger partial charge in [-0.2, -0.15) is 0 Å². The summed E-state index contributed by atoms with van der Waals surface area (Å²) in [6.07, 6.45) is 1.54. The summed E-state index contributed by atoms with van der Waals surface area (Å²) >= 11 is 3.23. The van der Waals surface area contributed by atoms with Crippen molar-refractivity contribution >= 4 is 33.7 Å². The zero-order valence-corrected chi connectivity index (χ0v) is 16.5. The molecule has 0 radical (unpaired) electrons. The molecule has 0 aliphatic carbocycles. The molecule has 29 heavy (non-hydrogen) atoms. The van der Waals surface area contributed by atoms with Gasteiger partial charge in [-0.05, 0) is 43.3 Å². The highest BCUT2D eigenvalue weighted by Crippen LogP contribution is 2.24. The number of carbonyl (C=O) groups is 1. The molecule has 148 valence electrons. The maximum atomic E-state index is 13.7. The van der Waals surface area contributed by atoms with Crippen LogP contribution in [-0.4, -0.2) is 21.1 Å². The van der Waals surface area contributed by atoms with Crippen LogP contribution in [0.25, 0.3) is 17.5 Å². The van der Waals surface area contributed by atoms with E-state index in [9.17, 15) is 19.3 Å². The van der Waals surface area contributed by atoms with Gasteiger partial charge in [0, 0.05) is 33.8 Å². The Bertz CT molecular complexity index is 1080. The van der Waals surface area contributed by atoms with Crippen LogP contribution in [0.3, 0.4) is 0 Å². The number of halogens is 2. The summed E-state index contributed by atoms with van der Waals surface area (Å²) in [6.45, 7) is 1.54. The standard InChI is InChI=1S/C19H13BrFN3O5/c1-11(28-17(25)9-4-13-10-14(20)5-8-16(13)21)18-22-23-19(29-18)12-2-6-15(7-3-12)24(26)27/h2-11H,1H3. The lowest BCUT2D eigenvalue weighted by Gasteiger charge is -2.06. The van der Waals surface area contributed by atoms with Gasteiger partial charge in [0.2, 0.25) is 5.89 Å². The number of aromatic nitrogens is 2. The van der Waals surface area contributed by atoms with E-state index in [2.05, 4.69) is 26.1 Å². The van der Waals surface area contributed by atoms with Crippen molar-refractivity contribution in [3.63, 3.8) is 0 Å². The van der Waals surface area contributed by atoms with Crippen molar-refractivity contribution in [2.45, 2.75) is 13.0 Å². The molecule has 0 saturated heterocycles. The van der Waals surface area contributed by atoms with E-state index in [4.69, 9.17) is 9.15 Å². The van der Waals surface area contributed by atoms with Gasteiger partial charge in [0.05, 0.1) is 4.92 Å². The predicted octanol–water partition coefficient (Wildman–Crippen LogP) is 4.86. The molecule has 0 amide bonds. The lowest BCUT2D eigenvalue weighted by molar-refractivity contribution is -0.384. The Morgan fingerprint density at radius 1 is 1.28 bits per heavy atom. The third-order valence-corrected chi connectivity index (χ3v) is 4.26. The molecule has 0 aliphatic rings. The number of nitro benzene ring substituents is 1. The molecule has 1 heterocycles. The van der Waals surface area contributed by atoms with Crippen molar-refractivity contribution in [2.75, 3.05) is 0 Å². The number of non-ortho nitro benzene ring substituents is 1. The summed E-state index contributed by atoms with van der Waals surface area (Å²) in [5.41, 5.74) is 0.643. The van der Waals surface area contributed by atoms with E-state index in [0.29, 0.717) is 10.0 Å². The van der Waals surface area contributed by atoms with E-state index in [1.807, 2.05) is 0 Å². The van der Waals surface area contributed by atoms with Gasteiger partial charge in [0.25, 0.3) is 11.6 Å². The molecule has 8 nitrogen and oxygen atoms in total. The maximum Gasteiger partial charge on any atom is 0.331 e. The predicted molar refractivity (Wildman–Crippen MR) is 104 cm³/mol. The minimum absolute atomic E-state index is 0.0498. The Morgan fingerprint density at radius 3 is 2.69 bits per heavy atom. The topological polar surface area (TPSA) is 108 Å². The van der Waals surface area contributed by atoms with Crippen LogP contribution in [0.5, 0.6) is 0 Å². The van der Waals surface area contributed by atoms with Gasteiger partial charge in [0.15, 0.2) is 6.10 Å². The molecule has 3 rings (SSSR count). The van der Waals surface area contributed by atoms with Crippen LogP contribution in [0.4, 0.5) is 10.1 Å². The molecule has 10 heteroatoms. The second-order valence-corrected chi connectivity index (χ2v) is 6.74. The first-order chi connectivity index (χ1) is 13.8. The third kappa shape index (κ3) is 5.11. The van der Waals surface area contributed by atoms with Crippen molar-refractivity contribution in [3.05, 3.63) is 80.4 Å². The van der Waals surface area contributed by atoms with Crippen LogP contribution < -0.4 is 0 Å². The van der Waals surface area contributed by atoms with E-state index < -0.39 is 22.8 Å². The Kier molecular flexibility index (Phi) is 6.13. The number of rotatable bonds is 6. The van der Waals surface area contributed by atoms with Crippen LogP contribution in [-0.2, 0) is 9.53 Å². The summed E-state index contributed by atoms with van der Waals surface area (Å²) < 4.78 is 25.0. The van der Waals surface area contributed by atoms with Gasteiger partial charge in [-0.25, -0.2) is 9.18 Å². The average Bonchev–Trinajstić information content (AvgIpc) is 3.19. The fraction of sp³-hybridized carbons (Fsp3) is 0.105. The van der Waals surface area contributed by atoms with Crippen molar-refractivity contribution in [2.24, 2.45) is 0 Å². The van der Waals surface area contributed by atoms with Crippen molar-refractivity contribution < 1.29 is 23.3 Å². The van der Waals surface area contributed by atoms with E-state index in [-0.39, 0.29) is 23.0 Å². The first kappa shape index (κ1) is 20.3. The largest absolute Gasteiger partial charge is 0.449 e. The Morgan fingerprint density at radius 2 is 2.00 bits per heavy atom. The summed E-state index contributed by atoms with van der Waals surface area (Å²) in [6, 6.07) is 9.92. The molecule has 0 bridgehead atoms. The smallest absolute Gasteiger partial charge is 0.331 e. The van der Waals surface area contributed by atoms with E-state index in [1.165, 1.54) is 42.5 Å². The molecular weight excluding hydrogens is 449 g/mol. The van der Waals surface area contributed by atoms with Crippen molar-refractivity contribution in [1.29, 1.82) is 0 Å². The Hall–Kier alpha value is -3.40. The monoisotopic (exact) mass is 461 g/mol. The second-order valence-electron chi connectivity index (χ2n) is 5.83. The van der Waals surface area contributed by atoms with E-state index >= 15 is 0 Å². The van der Waals surface area contributed by atoms with Crippen LogP contribution in [0.2, 0.25) is 0 Å². The fourth-order valence-electron chi connectivity index (χ4n) is 2.31. The molecule has 0 N–H and O–H groups in total.